The molecule has 0 fully saturated rings. The second-order valence-corrected chi connectivity index (χ2v) is 9.34. The van der Waals surface area contributed by atoms with Crippen LogP contribution in [0, 0.1) is 0 Å². The summed E-state index contributed by atoms with van der Waals surface area (Å²) in [5.74, 6) is 1.95. The van der Waals surface area contributed by atoms with Crippen molar-refractivity contribution in [1.82, 2.24) is 14.1 Å². The molecule has 1 atom stereocenters. The zero-order chi connectivity index (χ0) is 22.9. The molecule has 0 bridgehead atoms. The second kappa shape index (κ2) is 11.6. The van der Waals surface area contributed by atoms with Gasteiger partial charge in [0, 0.05) is 30.5 Å². The summed E-state index contributed by atoms with van der Waals surface area (Å²) < 4.78 is 42.2. The highest BCUT2D eigenvalue weighted by Gasteiger charge is 2.17. The number of methoxy groups -OCH3 is 2. The van der Waals surface area contributed by atoms with E-state index >= 15 is 0 Å². The number of anilines is 1. The molecule has 1 heterocycles. The van der Waals surface area contributed by atoms with Crippen LogP contribution in [0.1, 0.15) is 25.2 Å². The molecule has 2 aromatic rings. The van der Waals surface area contributed by atoms with E-state index in [1.54, 1.807) is 20.1 Å². The lowest BCUT2D eigenvalue weighted by molar-refractivity contribution is 0.307. The number of aromatic nitrogens is 2. The van der Waals surface area contributed by atoms with Crippen molar-refractivity contribution in [3.8, 4) is 5.75 Å². The second-order valence-electron chi connectivity index (χ2n) is 6.70. The molecule has 0 saturated heterocycles. The van der Waals surface area contributed by atoms with Crippen LogP contribution in [0.25, 0.3) is 0 Å². The molecule has 8 nitrogen and oxygen atoms in total. The van der Waals surface area contributed by atoms with Gasteiger partial charge < -0.3 is 14.8 Å². The topological polar surface area (TPSA) is 102 Å². The molecule has 0 radical (unpaired) electrons. The van der Waals surface area contributed by atoms with Crippen LogP contribution in [0.3, 0.4) is 0 Å². The van der Waals surface area contributed by atoms with Gasteiger partial charge in [-0.3, -0.25) is 0 Å². The van der Waals surface area contributed by atoms with Crippen LogP contribution in [0.5, 0.6) is 5.75 Å². The van der Waals surface area contributed by atoms with Gasteiger partial charge in [0.05, 0.1) is 19.1 Å². The van der Waals surface area contributed by atoms with E-state index in [4.69, 9.17) is 9.47 Å². The Hall–Kier alpha value is -2.69. The van der Waals surface area contributed by atoms with Gasteiger partial charge in [0.15, 0.2) is 0 Å². The van der Waals surface area contributed by atoms with Gasteiger partial charge in [0.2, 0.25) is 15.2 Å². The Kier molecular flexibility index (Phi) is 9.22. The number of sulfonamides is 1. The number of rotatable bonds is 12. The van der Waals surface area contributed by atoms with Crippen molar-refractivity contribution in [1.29, 1.82) is 0 Å². The van der Waals surface area contributed by atoms with E-state index in [-0.39, 0.29) is 10.9 Å². The molecule has 2 rings (SSSR count). The Bertz CT molecular complexity index is 1050. The molecular weight excluding hydrogens is 436 g/mol. The normalized spacial score (nSPS) is 13.5. The highest BCUT2D eigenvalue weighted by Crippen LogP contribution is 2.18. The zero-order valence-corrected chi connectivity index (χ0v) is 19.7. The largest absolute Gasteiger partial charge is 0.497 e. The molecule has 10 heteroatoms. The molecule has 168 valence electrons. The summed E-state index contributed by atoms with van der Waals surface area (Å²) >= 11 is 1.24. The molecule has 31 heavy (non-hydrogen) atoms. The molecule has 1 aromatic heterocycles. The van der Waals surface area contributed by atoms with E-state index < -0.39 is 10.0 Å². The number of ether oxygens (including phenoxy) is 2. The first-order chi connectivity index (χ1) is 14.8. The predicted octanol–water partition coefficient (Wildman–Crippen LogP) is 3.48. The third-order valence-electron chi connectivity index (χ3n) is 4.22. The summed E-state index contributed by atoms with van der Waals surface area (Å²) in [6.45, 7) is 7.25. The van der Waals surface area contributed by atoms with Gasteiger partial charge >= 0.3 is 0 Å². The number of benzene rings is 1. The van der Waals surface area contributed by atoms with Gasteiger partial charge in [0.1, 0.15) is 17.3 Å². The van der Waals surface area contributed by atoms with Crippen LogP contribution in [0.2, 0.25) is 0 Å². The molecule has 1 aromatic carbocycles. The summed E-state index contributed by atoms with van der Waals surface area (Å²) in [5.41, 5.74) is 1.05. The van der Waals surface area contributed by atoms with E-state index in [2.05, 4.69) is 26.0 Å². The van der Waals surface area contributed by atoms with Gasteiger partial charge in [-0.1, -0.05) is 18.7 Å². The van der Waals surface area contributed by atoms with Crippen molar-refractivity contribution in [3.63, 3.8) is 0 Å². The zero-order valence-electron chi connectivity index (χ0n) is 18.1. The van der Waals surface area contributed by atoms with Crippen molar-refractivity contribution in [2.45, 2.75) is 26.3 Å². The minimum Gasteiger partial charge on any atom is -0.497 e. The van der Waals surface area contributed by atoms with E-state index in [9.17, 15) is 8.42 Å². The fourth-order valence-corrected chi connectivity index (χ4v) is 4.15. The number of hydrogen-bond donors (Lipinski definition) is 2. The van der Waals surface area contributed by atoms with Crippen molar-refractivity contribution in [2.24, 2.45) is 0 Å². The fourth-order valence-electron chi connectivity index (χ4n) is 2.51. The van der Waals surface area contributed by atoms with Crippen molar-refractivity contribution >= 4 is 26.7 Å². The first kappa shape index (κ1) is 24.6. The maximum atomic E-state index is 12.5. The molecule has 0 aliphatic rings. The SMILES string of the molecule is C=C/C(=C\C=C(/C)S(=O)(=O)NC(C)CNc1nc(Cc2cccc(OC)c2)ns1)OC. The number of nitrogens with one attached hydrogen (secondary N) is 2. The summed E-state index contributed by atoms with van der Waals surface area (Å²) in [5, 5.41) is 3.77. The average Bonchev–Trinajstić information content (AvgIpc) is 3.20. The van der Waals surface area contributed by atoms with E-state index in [0.29, 0.717) is 29.7 Å². The lowest BCUT2D eigenvalue weighted by Crippen LogP contribution is -2.37. The van der Waals surface area contributed by atoms with Gasteiger partial charge in [-0.2, -0.15) is 4.37 Å². The Balaban J connectivity index is 1.91. The smallest absolute Gasteiger partial charge is 0.236 e. The third-order valence-corrected chi connectivity index (χ3v) is 6.63. The third kappa shape index (κ3) is 7.82. The number of allylic oxidation sites excluding steroid dienone is 4. The van der Waals surface area contributed by atoms with Crippen LogP contribution < -0.4 is 14.8 Å². The summed E-state index contributed by atoms with van der Waals surface area (Å²) in [6.07, 6.45) is 5.11. The summed E-state index contributed by atoms with van der Waals surface area (Å²) in [7, 11) is -0.504. The highest BCUT2D eigenvalue weighted by molar-refractivity contribution is 7.93. The quantitative estimate of drug-likeness (QED) is 0.366. The van der Waals surface area contributed by atoms with Gasteiger partial charge in [-0.05, 0) is 49.8 Å². The number of hydrogen-bond acceptors (Lipinski definition) is 8. The van der Waals surface area contributed by atoms with Gasteiger partial charge in [-0.25, -0.2) is 18.1 Å². The monoisotopic (exact) mass is 464 g/mol. The van der Waals surface area contributed by atoms with Crippen molar-refractivity contribution in [3.05, 3.63) is 71.1 Å². The summed E-state index contributed by atoms with van der Waals surface area (Å²) in [4.78, 5) is 4.64. The average molecular weight is 465 g/mol. The van der Waals surface area contributed by atoms with Crippen LogP contribution in [-0.2, 0) is 21.2 Å². The Labute approximate surface area is 187 Å². The van der Waals surface area contributed by atoms with Gasteiger partial charge in [0.25, 0.3) is 0 Å². The Morgan fingerprint density at radius 1 is 1.32 bits per heavy atom. The standard InChI is InChI=1S/C21H28N4O4S2/c1-6-18(28-4)11-10-16(3)31(26,27)25-15(2)14-22-21-23-20(24-30-21)13-17-8-7-9-19(12-17)29-5/h6-12,15,25H,1,13-14H2,2-5H3,(H,22,23,24)/b16-10+,18-11+. The molecule has 0 saturated carbocycles. The lowest BCUT2D eigenvalue weighted by atomic mass is 10.1. The Morgan fingerprint density at radius 3 is 2.77 bits per heavy atom. The Morgan fingerprint density at radius 2 is 2.10 bits per heavy atom. The molecule has 2 N–H and O–H groups in total. The lowest BCUT2D eigenvalue weighted by Gasteiger charge is -2.14. The molecule has 0 aliphatic heterocycles. The molecule has 1 unspecified atom stereocenters. The van der Waals surface area contributed by atoms with Crippen LogP contribution in [-0.4, -0.2) is 44.6 Å². The maximum Gasteiger partial charge on any atom is 0.236 e. The predicted molar refractivity (Wildman–Crippen MR) is 125 cm³/mol. The van der Waals surface area contributed by atoms with Crippen molar-refractivity contribution in [2.75, 3.05) is 26.1 Å². The number of nitrogens with zero attached hydrogens (tertiary/aromatic N) is 2. The maximum absolute atomic E-state index is 12.5. The van der Waals surface area contributed by atoms with Crippen LogP contribution in [0.4, 0.5) is 5.13 Å². The minimum atomic E-state index is -3.63. The van der Waals surface area contributed by atoms with E-state index in [1.165, 1.54) is 37.7 Å². The van der Waals surface area contributed by atoms with Gasteiger partial charge in [-0.15, -0.1) is 0 Å². The molecular formula is C21H28N4O4S2. The first-order valence-electron chi connectivity index (χ1n) is 9.54. The van der Waals surface area contributed by atoms with Crippen LogP contribution in [0.15, 0.2) is 59.7 Å². The van der Waals surface area contributed by atoms with Crippen molar-refractivity contribution < 1.29 is 17.9 Å². The molecule has 0 aliphatic carbocycles. The highest BCUT2D eigenvalue weighted by atomic mass is 32.2. The summed E-state index contributed by atoms with van der Waals surface area (Å²) in [6, 6.07) is 7.39. The fraction of sp³-hybridized carbons (Fsp3) is 0.333. The minimum absolute atomic E-state index is 0.173. The first-order valence-corrected chi connectivity index (χ1v) is 11.8. The molecule has 0 spiro atoms. The van der Waals surface area contributed by atoms with Crippen LogP contribution >= 0.6 is 11.5 Å². The van der Waals surface area contributed by atoms with E-state index in [0.717, 1.165) is 11.3 Å². The molecule has 0 amide bonds. The van der Waals surface area contributed by atoms with E-state index in [1.807, 2.05) is 24.3 Å².